The van der Waals surface area contributed by atoms with Crippen molar-refractivity contribution in [2.75, 3.05) is 18.1 Å². The number of hydrogen-bond donors (Lipinski definition) is 2. The maximum atomic E-state index is 11.8. The summed E-state index contributed by atoms with van der Waals surface area (Å²) in [5, 5.41) is 2.91. The maximum absolute atomic E-state index is 11.8. The van der Waals surface area contributed by atoms with Gasteiger partial charge in [0.25, 0.3) is 0 Å². The number of rotatable bonds is 5. The number of hydrogen-bond acceptors (Lipinski definition) is 6. The van der Waals surface area contributed by atoms with Gasteiger partial charge >= 0.3 is 10.4 Å². The Balaban J connectivity index is 2.13. The van der Waals surface area contributed by atoms with Crippen LogP contribution in [0.5, 0.6) is 11.5 Å². The lowest BCUT2D eigenvalue weighted by Gasteiger charge is -2.09. The lowest BCUT2D eigenvalue weighted by molar-refractivity contribution is 0.393. The zero-order valence-corrected chi connectivity index (χ0v) is 11.6. The number of anilines is 2. The molecule has 3 N–H and O–H groups in total. The van der Waals surface area contributed by atoms with Gasteiger partial charge in [-0.3, -0.25) is 0 Å². The van der Waals surface area contributed by atoms with E-state index < -0.39 is 10.4 Å². The third-order valence-electron chi connectivity index (χ3n) is 2.45. The van der Waals surface area contributed by atoms with Gasteiger partial charge in [-0.15, -0.1) is 8.42 Å². The molecule has 0 aromatic heterocycles. The quantitative estimate of drug-likeness (QED) is 0.820. The summed E-state index contributed by atoms with van der Waals surface area (Å²) in [6, 6.07) is 12.7. The molecule has 6 nitrogen and oxygen atoms in total. The van der Waals surface area contributed by atoms with Gasteiger partial charge in [-0.25, -0.2) is 0 Å². The fraction of sp³-hybridized carbons (Fsp3) is 0.0769. The van der Waals surface area contributed by atoms with Gasteiger partial charge in [0.05, 0.1) is 5.69 Å². The SMILES string of the molecule is CNc1ccc(OS(=O)(=O)Oc2ccccc2N)cc1. The number of nitrogen functional groups attached to an aromatic ring is 1. The Kier molecular flexibility index (Phi) is 3.99. The predicted octanol–water partition coefficient (Wildman–Crippen LogP) is 2.01. The van der Waals surface area contributed by atoms with Gasteiger partial charge in [0.15, 0.2) is 5.75 Å². The fourth-order valence-electron chi connectivity index (χ4n) is 1.48. The van der Waals surface area contributed by atoms with Crippen LogP contribution < -0.4 is 19.4 Å². The first-order valence-electron chi connectivity index (χ1n) is 5.76. The van der Waals surface area contributed by atoms with E-state index in [1.807, 2.05) is 0 Å². The highest BCUT2D eigenvalue weighted by atomic mass is 32.3. The lowest BCUT2D eigenvalue weighted by Crippen LogP contribution is -2.17. The minimum atomic E-state index is -4.23. The first-order valence-corrected chi connectivity index (χ1v) is 7.10. The van der Waals surface area contributed by atoms with E-state index in [0.717, 1.165) is 5.69 Å². The molecule has 0 radical (unpaired) electrons. The van der Waals surface area contributed by atoms with E-state index in [4.69, 9.17) is 14.1 Å². The van der Waals surface area contributed by atoms with Crippen molar-refractivity contribution in [2.24, 2.45) is 0 Å². The summed E-state index contributed by atoms with van der Waals surface area (Å²) >= 11 is 0. The van der Waals surface area contributed by atoms with E-state index >= 15 is 0 Å². The number of nitrogens with two attached hydrogens (primary N) is 1. The number of nitrogens with one attached hydrogen (secondary N) is 1. The second kappa shape index (κ2) is 5.70. The number of para-hydroxylation sites is 2. The molecule has 0 aliphatic rings. The van der Waals surface area contributed by atoms with E-state index in [9.17, 15) is 8.42 Å². The summed E-state index contributed by atoms with van der Waals surface area (Å²) in [6.45, 7) is 0. The lowest BCUT2D eigenvalue weighted by atomic mass is 10.3. The Morgan fingerprint density at radius 1 is 1.00 bits per heavy atom. The minimum Gasteiger partial charge on any atom is -0.396 e. The third-order valence-corrected chi connectivity index (χ3v) is 3.23. The smallest absolute Gasteiger partial charge is 0.396 e. The van der Waals surface area contributed by atoms with E-state index in [2.05, 4.69) is 5.32 Å². The second-order valence-corrected chi connectivity index (χ2v) is 5.04. The molecular formula is C13H14N2O4S. The van der Waals surface area contributed by atoms with Crippen LogP contribution in [0.15, 0.2) is 48.5 Å². The molecule has 2 aromatic carbocycles. The normalized spacial score (nSPS) is 10.8. The monoisotopic (exact) mass is 294 g/mol. The molecule has 0 fully saturated rings. The van der Waals surface area contributed by atoms with Crippen LogP contribution in [-0.4, -0.2) is 15.5 Å². The van der Waals surface area contributed by atoms with Gasteiger partial charge in [0.2, 0.25) is 0 Å². The van der Waals surface area contributed by atoms with Crippen molar-refractivity contribution in [1.29, 1.82) is 0 Å². The molecule has 0 heterocycles. The Labute approximate surface area is 117 Å². The summed E-state index contributed by atoms with van der Waals surface area (Å²) in [5.41, 5.74) is 6.65. The first-order chi connectivity index (χ1) is 9.50. The van der Waals surface area contributed by atoms with E-state index in [1.54, 1.807) is 31.3 Å². The van der Waals surface area contributed by atoms with Crippen LogP contribution in [0.3, 0.4) is 0 Å². The average molecular weight is 294 g/mol. The van der Waals surface area contributed by atoms with Crippen LogP contribution >= 0.6 is 0 Å². The number of benzene rings is 2. The molecule has 0 unspecified atom stereocenters. The highest BCUT2D eigenvalue weighted by Crippen LogP contribution is 2.23. The van der Waals surface area contributed by atoms with Crippen molar-refractivity contribution < 1.29 is 16.8 Å². The topological polar surface area (TPSA) is 90.6 Å². The van der Waals surface area contributed by atoms with Gasteiger partial charge in [-0.1, -0.05) is 12.1 Å². The Morgan fingerprint density at radius 3 is 2.25 bits per heavy atom. The molecule has 7 heteroatoms. The van der Waals surface area contributed by atoms with E-state index in [-0.39, 0.29) is 17.2 Å². The van der Waals surface area contributed by atoms with Gasteiger partial charge in [0, 0.05) is 12.7 Å². The Bertz CT molecular complexity index is 684. The van der Waals surface area contributed by atoms with Crippen LogP contribution in [-0.2, 0) is 10.4 Å². The van der Waals surface area contributed by atoms with Crippen LogP contribution in [0, 0.1) is 0 Å². The standard InChI is InChI=1S/C13H14N2O4S/c1-15-10-6-8-11(9-7-10)18-20(16,17)19-13-5-3-2-4-12(13)14/h2-9,15H,14H2,1H3. The third kappa shape index (κ3) is 3.55. The van der Waals surface area contributed by atoms with E-state index in [1.165, 1.54) is 24.3 Å². The summed E-state index contributed by atoms with van der Waals surface area (Å²) in [4.78, 5) is 0. The highest BCUT2D eigenvalue weighted by Gasteiger charge is 2.17. The summed E-state index contributed by atoms with van der Waals surface area (Å²) in [5.74, 6) is 0.179. The van der Waals surface area contributed by atoms with Gasteiger partial charge < -0.3 is 19.4 Å². The van der Waals surface area contributed by atoms with Crippen molar-refractivity contribution in [3.8, 4) is 11.5 Å². The Morgan fingerprint density at radius 2 is 1.65 bits per heavy atom. The van der Waals surface area contributed by atoms with Crippen molar-refractivity contribution in [1.82, 2.24) is 0 Å². The molecule has 0 aliphatic carbocycles. The summed E-state index contributed by atoms with van der Waals surface area (Å²) < 4.78 is 33.2. The van der Waals surface area contributed by atoms with Gasteiger partial charge in [-0.2, -0.15) is 0 Å². The molecule has 0 saturated heterocycles. The molecule has 0 spiro atoms. The average Bonchev–Trinajstić information content (AvgIpc) is 2.41. The molecule has 0 saturated carbocycles. The molecule has 2 aromatic rings. The first kappa shape index (κ1) is 14.0. The summed E-state index contributed by atoms with van der Waals surface area (Å²) in [7, 11) is -2.47. The van der Waals surface area contributed by atoms with Crippen molar-refractivity contribution in [3.05, 3.63) is 48.5 Å². The minimum absolute atomic E-state index is 0.0272. The molecule has 20 heavy (non-hydrogen) atoms. The van der Waals surface area contributed by atoms with Crippen LogP contribution in [0.25, 0.3) is 0 Å². The highest BCUT2D eigenvalue weighted by molar-refractivity contribution is 7.82. The largest absolute Gasteiger partial charge is 0.501 e. The molecule has 0 atom stereocenters. The zero-order valence-electron chi connectivity index (χ0n) is 10.7. The molecule has 0 aliphatic heterocycles. The van der Waals surface area contributed by atoms with Gasteiger partial charge in [-0.05, 0) is 36.4 Å². The maximum Gasteiger partial charge on any atom is 0.501 e. The van der Waals surface area contributed by atoms with Crippen LogP contribution in [0.4, 0.5) is 11.4 Å². The van der Waals surface area contributed by atoms with Gasteiger partial charge in [0.1, 0.15) is 5.75 Å². The molecule has 2 rings (SSSR count). The Hall–Kier alpha value is -2.41. The molecule has 106 valence electrons. The van der Waals surface area contributed by atoms with Crippen molar-refractivity contribution >= 4 is 21.8 Å². The molecule has 0 bridgehead atoms. The predicted molar refractivity (Wildman–Crippen MR) is 77.0 cm³/mol. The zero-order chi connectivity index (χ0) is 14.6. The van der Waals surface area contributed by atoms with Crippen LogP contribution in [0.2, 0.25) is 0 Å². The molecule has 0 amide bonds. The van der Waals surface area contributed by atoms with Crippen molar-refractivity contribution in [3.63, 3.8) is 0 Å². The fourth-order valence-corrected chi connectivity index (χ4v) is 2.23. The second-order valence-electron chi connectivity index (χ2n) is 3.89. The van der Waals surface area contributed by atoms with E-state index in [0.29, 0.717) is 0 Å². The molecular weight excluding hydrogens is 280 g/mol. The van der Waals surface area contributed by atoms with Crippen molar-refractivity contribution in [2.45, 2.75) is 0 Å². The van der Waals surface area contributed by atoms with Crippen LogP contribution in [0.1, 0.15) is 0 Å². The summed E-state index contributed by atoms with van der Waals surface area (Å²) in [6.07, 6.45) is 0.